The summed E-state index contributed by atoms with van der Waals surface area (Å²) >= 11 is 5.80. The van der Waals surface area contributed by atoms with Crippen molar-refractivity contribution < 1.29 is 13.2 Å². The van der Waals surface area contributed by atoms with Gasteiger partial charge in [-0.05, 0) is 60.2 Å². The van der Waals surface area contributed by atoms with Gasteiger partial charge in [0.2, 0.25) is 0 Å². The highest BCUT2D eigenvalue weighted by molar-refractivity contribution is 7.92. The second-order valence-corrected chi connectivity index (χ2v) is 8.19. The zero-order chi connectivity index (χ0) is 21.6. The number of carbonyl (C=O) groups excluding carboxylic acids is 1. The van der Waals surface area contributed by atoms with Gasteiger partial charge in [-0.2, -0.15) is 10.4 Å². The average molecular weight is 439 g/mol. The Morgan fingerprint density at radius 2 is 1.73 bits per heavy atom. The summed E-state index contributed by atoms with van der Waals surface area (Å²) in [6, 6.07) is 20.4. The van der Waals surface area contributed by atoms with E-state index in [1.165, 1.54) is 42.6 Å². The van der Waals surface area contributed by atoms with Crippen molar-refractivity contribution in [2.45, 2.75) is 4.90 Å². The number of nitrogens with one attached hydrogen (secondary N) is 2. The SMILES string of the molecule is N#Cc1ccc(C=NNC(=O)c2cccc(S(=O)(=O)Nc3ccc(Cl)cc3)c2)cc1. The number of halogens is 1. The van der Waals surface area contributed by atoms with E-state index in [9.17, 15) is 13.2 Å². The largest absolute Gasteiger partial charge is 0.280 e. The van der Waals surface area contributed by atoms with E-state index in [4.69, 9.17) is 16.9 Å². The van der Waals surface area contributed by atoms with Crippen molar-refractivity contribution in [3.8, 4) is 6.07 Å². The Morgan fingerprint density at radius 3 is 2.40 bits per heavy atom. The lowest BCUT2D eigenvalue weighted by Gasteiger charge is -2.09. The van der Waals surface area contributed by atoms with E-state index in [0.29, 0.717) is 21.8 Å². The minimum Gasteiger partial charge on any atom is -0.280 e. The Kier molecular flexibility index (Phi) is 6.47. The third-order valence-corrected chi connectivity index (χ3v) is 5.55. The highest BCUT2D eigenvalue weighted by Crippen LogP contribution is 2.19. The number of benzene rings is 3. The molecule has 0 unspecified atom stereocenters. The molecule has 0 saturated heterocycles. The van der Waals surface area contributed by atoms with Crippen molar-refractivity contribution in [3.05, 3.63) is 94.5 Å². The first-order chi connectivity index (χ1) is 14.4. The van der Waals surface area contributed by atoms with E-state index < -0.39 is 15.9 Å². The number of nitriles is 1. The van der Waals surface area contributed by atoms with Crippen molar-refractivity contribution in [2.24, 2.45) is 5.10 Å². The van der Waals surface area contributed by atoms with Crippen LogP contribution >= 0.6 is 11.6 Å². The number of carbonyl (C=O) groups is 1. The molecule has 0 radical (unpaired) electrons. The molecule has 3 aromatic rings. The highest BCUT2D eigenvalue weighted by atomic mass is 35.5. The molecule has 0 saturated carbocycles. The van der Waals surface area contributed by atoms with Gasteiger partial charge in [-0.25, -0.2) is 13.8 Å². The summed E-state index contributed by atoms with van der Waals surface area (Å²) in [6.45, 7) is 0. The molecule has 0 aromatic heterocycles. The van der Waals surface area contributed by atoms with Crippen LogP contribution in [0.5, 0.6) is 0 Å². The number of hydrogen-bond acceptors (Lipinski definition) is 5. The average Bonchev–Trinajstić information content (AvgIpc) is 2.76. The van der Waals surface area contributed by atoms with E-state index in [1.807, 2.05) is 6.07 Å². The molecule has 30 heavy (non-hydrogen) atoms. The third kappa shape index (κ3) is 5.44. The van der Waals surface area contributed by atoms with Gasteiger partial charge in [0.05, 0.1) is 22.7 Å². The van der Waals surface area contributed by atoms with Crippen molar-refractivity contribution in [3.63, 3.8) is 0 Å². The van der Waals surface area contributed by atoms with Crippen LogP contribution in [0.4, 0.5) is 5.69 Å². The predicted molar refractivity (Wildman–Crippen MR) is 115 cm³/mol. The maximum absolute atomic E-state index is 12.6. The van der Waals surface area contributed by atoms with Gasteiger partial charge in [-0.15, -0.1) is 0 Å². The molecule has 0 atom stereocenters. The molecule has 7 nitrogen and oxygen atoms in total. The number of sulfonamides is 1. The molecular formula is C21H15ClN4O3S. The Bertz CT molecular complexity index is 1230. The predicted octanol–water partition coefficient (Wildman–Crippen LogP) is 3.78. The van der Waals surface area contributed by atoms with Crippen LogP contribution in [0.1, 0.15) is 21.5 Å². The van der Waals surface area contributed by atoms with E-state index in [1.54, 1.807) is 36.4 Å². The van der Waals surface area contributed by atoms with Crippen LogP contribution < -0.4 is 10.1 Å². The maximum atomic E-state index is 12.6. The molecule has 0 aliphatic rings. The zero-order valence-electron chi connectivity index (χ0n) is 15.4. The van der Waals surface area contributed by atoms with Crippen molar-refractivity contribution in [1.82, 2.24) is 5.43 Å². The Hall–Kier alpha value is -3.67. The molecular weight excluding hydrogens is 424 g/mol. The first-order valence-corrected chi connectivity index (χ1v) is 10.5. The van der Waals surface area contributed by atoms with Gasteiger partial charge in [-0.3, -0.25) is 9.52 Å². The molecule has 150 valence electrons. The summed E-state index contributed by atoms with van der Waals surface area (Å²) in [7, 11) is -3.89. The van der Waals surface area contributed by atoms with E-state index >= 15 is 0 Å². The zero-order valence-corrected chi connectivity index (χ0v) is 17.0. The van der Waals surface area contributed by atoms with Gasteiger partial charge in [0.15, 0.2) is 0 Å². The van der Waals surface area contributed by atoms with Gasteiger partial charge in [0.25, 0.3) is 15.9 Å². The quantitative estimate of drug-likeness (QED) is 0.450. The second-order valence-electron chi connectivity index (χ2n) is 6.07. The molecule has 0 aliphatic heterocycles. The lowest BCUT2D eigenvalue weighted by atomic mass is 10.2. The molecule has 2 N–H and O–H groups in total. The summed E-state index contributed by atoms with van der Waals surface area (Å²) < 4.78 is 27.6. The van der Waals surface area contributed by atoms with Gasteiger partial charge in [0.1, 0.15) is 0 Å². The van der Waals surface area contributed by atoms with Crippen molar-refractivity contribution >= 4 is 39.4 Å². The number of anilines is 1. The maximum Gasteiger partial charge on any atom is 0.271 e. The fourth-order valence-corrected chi connectivity index (χ4v) is 3.64. The fraction of sp³-hybridized carbons (Fsp3) is 0. The second kappa shape index (κ2) is 9.22. The smallest absolute Gasteiger partial charge is 0.271 e. The van der Waals surface area contributed by atoms with Gasteiger partial charge in [-0.1, -0.05) is 29.8 Å². The standard InChI is InChI=1S/C21H15ClN4O3S/c22-18-8-10-19(11-9-18)26-30(28,29)20-3-1-2-17(12-20)21(27)25-24-14-16-6-4-15(13-23)5-7-16/h1-12,14,26H,(H,25,27). The Labute approximate surface area is 178 Å². The number of nitrogens with zero attached hydrogens (tertiary/aromatic N) is 2. The minimum absolute atomic E-state index is 0.0684. The molecule has 0 spiro atoms. The molecule has 9 heteroatoms. The van der Waals surface area contributed by atoms with Crippen LogP contribution in [0.15, 0.2) is 82.8 Å². The monoisotopic (exact) mass is 438 g/mol. The van der Waals surface area contributed by atoms with Crippen LogP contribution in [-0.4, -0.2) is 20.5 Å². The Balaban J connectivity index is 1.70. The van der Waals surface area contributed by atoms with E-state index in [-0.39, 0.29) is 10.5 Å². The number of hydrazone groups is 1. The summed E-state index contributed by atoms with van der Waals surface area (Å²) in [4.78, 5) is 12.2. The molecule has 0 aliphatic carbocycles. The number of hydrogen-bond donors (Lipinski definition) is 2. The fourth-order valence-electron chi connectivity index (χ4n) is 2.41. The van der Waals surface area contributed by atoms with Crippen LogP contribution in [-0.2, 0) is 10.0 Å². The molecule has 3 rings (SSSR count). The molecule has 1 amide bonds. The summed E-state index contributed by atoms with van der Waals surface area (Å²) in [5.41, 5.74) is 4.03. The van der Waals surface area contributed by atoms with Gasteiger partial charge in [0, 0.05) is 16.3 Å². The van der Waals surface area contributed by atoms with Gasteiger partial charge >= 0.3 is 0 Å². The van der Waals surface area contributed by atoms with E-state index in [2.05, 4.69) is 15.2 Å². The van der Waals surface area contributed by atoms with Crippen LogP contribution in [0.25, 0.3) is 0 Å². The molecule has 0 bridgehead atoms. The van der Waals surface area contributed by atoms with Crippen molar-refractivity contribution in [2.75, 3.05) is 4.72 Å². The lowest BCUT2D eigenvalue weighted by molar-refractivity contribution is 0.0955. The molecule has 0 fully saturated rings. The Morgan fingerprint density at radius 1 is 1.03 bits per heavy atom. The highest BCUT2D eigenvalue weighted by Gasteiger charge is 2.16. The lowest BCUT2D eigenvalue weighted by Crippen LogP contribution is -2.19. The van der Waals surface area contributed by atoms with Crippen LogP contribution in [0, 0.1) is 11.3 Å². The minimum atomic E-state index is -3.89. The number of amides is 1. The van der Waals surface area contributed by atoms with Crippen LogP contribution in [0.2, 0.25) is 5.02 Å². The van der Waals surface area contributed by atoms with Gasteiger partial charge < -0.3 is 0 Å². The van der Waals surface area contributed by atoms with Crippen LogP contribution in [0.3, 0.4) is 0 Å². The van der Waals surface area contributed by atoms with Crippen molar-refractivity contribution in [1.29, 1.82) is 5.26 Å². The normalized spacial score (nSPS) is 11.1. The topological polar surface area (TPSA) is 111 Å². The molecule has 0 heterocycles. The van der Waals surface area contributed by atoms with E-state index in [0.717, 1.165) is 0 Å². The summed E-state index contributed by atoms with van der Waals surface area (Å²) in [6.07, 6.45) is 1.42. The molecule has 3 aromatic carbocycles. The first-order valence-electron chi connectivity index (χ1n) is 8.59. The number of rotatable bonds is 6. The summed E-state index contributed by atoms with van der Waals surface area (Å²) in [5, 5.41) is 13.1. The first kappa shape index (κ1) is 21.0. The summed E-state index contributed by atoms with van der Waals surface area (Å²) in [5.74, 6) is -0.566. The third-order valence-electron chi connectivity index (χ3n) is 3.92.